The Labute approximate surface area is 86.1 Å². The van der Waals surface area contributed by atoms with E-state index in [0.29, 0.717) is 5.95 Å². The maximum absolute atomic E-state index is 5.54. The van der Waals surface area contributed by atoms with E-state index in [-0.39, 0.29) is 0 Å². The Balaban J connectivity index is 2.18. The van der Waals surface area contributed by atoms with Crippen LogP contribution in [0, 0.1) is 0 Å². The van der Waals surface area contributed by atoms with Gasteiger partial charge in [-0.3, -0.25) is 0 Å². The number of imidazole rings is 1. The molecule has 74 valence electrons. The summed E-state index contributed by atoms with van der Waals surface area (Å²) in [7, 11) is 0. The minimum absolute atomic E-state index is 0.444. The summed E-state index contributed by atoms with van der Waals surface area (Å²) in [4.78, 5) is 10.1. The van der Waals surface area contributed by atoms with Gasteiger partial charge in [-0.2, -0.15) is 0 Å². The maximum atomic E-state index is 5.54. The summed E-state index contributed by atoms with van der Waals surface area (Å²) in [5, 5.41) is 1.18. The smallest absolute Gasteiger partial charge is 0.197 e. The van der Waals surface area contributed by atoms with E-state index < -0.39 is 0 Å². The molecule has 3 rings (SSSR count). The van der Waals surface area contributed by atoms with Crippen molar-refractivity contribution in [1.82, 2.24) is 15.0 Å². The highest BCUT2D eigenvalue weighted by molar-refractivity contribution is 5.84. The number of rotatable bonds is 1. The number of nitrogens with two attached hydrogens (primary N) is 1. The van der Waals surface area contributed by atoms with E-state index in [2.05, 4.69) is 21.0 Å². The number of aromatic amines is 2. The first kappa shape index (κ1) is 8.11. The molecule has 0 aliphatic rings. The molecule has 2 aromatic heterocycles. The van der Waals surface area contributed by atoms with Crippen LogP contribution in [0.2, 0.25) is 0 Å². The molecule has 0 unspecified atom stereocenters. The molecule has 0 radical (unpaired) electrons. The van der Waals surface area contributed by atoms with Gasteiger partial charge in [-0.1, -0.05) is 6.07 Å². The Morgan fingerprint density at radius 1 is 1.20 bits per heavy atom. The summed E-state index contributed by atoms with van der Waals surface area (Å²) in [6.45, 7) is 0. The number of nitrogens with one attached hydrogen (secondary N) is 2. The van der Waals surface area contributed by atoms with Crippen LogP contribution in [-0.4, -0.2) is 15.0 Å². The highest BCUT2D eigenvalue weighted by Gasteiger charge is 2.02. The Morgan fingerprint density at radius 3 is 2.93 bits per heavy atom. The van der Waals surface area contributed by atoms with Gasteiger partial charge in [0, 0.05) is 22.7 Å². The highest BCUT2D eigenvalue weighted by atomic mass is 15.0. The van der Waals surface area contributed by atoms with Crippen molar-refractivity contribution in [3.63, 3.8) is 0 Å². The minimum atomic E-state index is 0.444. The Hall–Kier alpha value is -2.23. The molecule has 0 bridgehead atoms. The fraction of sp³-hybridized carbons (Fsp3) is 0. The molecule has 0 fully saturated rings. The molecule has 4 nitrogen and oxygen atoms in total. The molecular formula is C11H10N4. The first-order valence-electron chi connectivity index (χ1n) is 4.71. The largest absolute Gasteiger partial charge is 0.369 e. The number of nitrogens with zero attached hydrogens (tertiary/aromatic N) is 1. The summed E-state index contributed by atoms with van der Waals surface area (Å²) < 4.78 is 0. The van der Waals surface area contributed by atoms with Crippen molar-refractivity contribution in [3.05, 3.63) is 36.7 Å². The molecule has 0 aliphatic heterocycles. The van der Waals surface area contributed by atoms with Gasteiger partial charge in [-0.15, -0.1) is 0 Å². The summed E-state index contributed by atoms with van der Waals surface area (Å²) in [6, 6.07) is 8.21. The monoisotopic (exact) mass is 198 g/mol. The van der Waals surface area contributed by atoms with Crippen molar-refractivity contribution in [2.24, 2.45) is 0 Å². The summed E-state index contributed by atoms with van der Waals surface area (Å²) in [6.07, 6.45) is 3.67. The normalized spacial score (nSPS) is 10.9. The number of nitrogen functional groups attached to an aromatic ring is 1. The highest BCUT2D eigenvalue weighted by Crippen LogP contribution is 2.22. The molecule has 3 aromatic rings. The van der Waals surface area contributed by atoms with Gasteiger partial charge >= 0.3 is 0 Å². The zero-order valence-corrected chi connectivity index (χ0v) is 7.99. The molecule has 0 atom stereocenters. The van der Waals surface area contributed by atoms with Crippen molar-refractivity contribution >= 4 is 16.9 Å². The van der Waals surface area contributed by atoms with Gasteiger partial charge in [0.05, 0.1) is 11.9 Å². The van der Waals surface area contributed by atoms with Gasteiger partial charge < -0.3 is 15.7 Å². The predicted octanol–water partition coefficient (Wildman–Crippen LogP) is 2.14. The summed E-state index contributed by atoms with van der Waals surface area (Å²) >= 11 is 0. The number of hydrogen-bond donors (Lipinski definition) is 3. The topological polar surface area (TPSA) is 70.5 Å². The van der Waals surface area contributed by atoms with E-state index in [1.54, 1.807) is 6.20 Å². The number of fused-ring (bicyclic) bond motifs is 1. The van der Waals surface area contributed by atoms with Crippen molar-refractivity contribution in [3.8, 4) is 11.3 Å². The predicted molar refractivity (Wildman–Crippen MR) is 60.3 cm³/mol. The van der Waals surface area contributed by atoms with E-state index in [1.807, 2.05) is 24.4 Å². The quantitative estimate of drug-likeness (QED) is 0.560. The number of H-pyrrole nitrogens is 2. The minimum Gasteiger partial charge on any atom is -0.369 e. The maximum Gasteiger partial charge on any atom is 0.197 e. The summed E-state index contributed by atoms with van der Waals surface area (Å²) in [5.41, 5.74) is 8.70. The average Bonchev–Trinajstić information content (AvgIpc) is 2.84. The van der Waals surface area contributed by atoms with Gasteiger partial charge in [0.1, 0.15) is 0 Å². The Kier molecular flexibility index (Phi) is 1.56. The fourth-order valence-corrected chi connectivity index (χ4v) is 1.70. The van der Waals surface area contributed by atoms with Crippen molar-refractivity contribution < 1.29 is 0 Å². The van der Waals surface area contributed by atoms with Gasteiger partial charge in [0.2, 0.25) is 0 Å². The van der Waals surface area contributed by atoms with Crippen LogP contribution in [0.25, 0.3) is 22.2 Å². The lowest BCUT2D eigenvalue weighted by molar-refractivity contribution is 1.33. The van der Waals surface area contributed by atoms with Crippen LogP contribution in [0.3, 0.4) is 0 Å². The van der Waals surface area contributed by atoms with Crippen LogP contribution in [0.1, 0.15) is 0 Å². The van der Waals surface area contributed by atoms with Crippen LogP contribution in [0.4, 0.5) is 5.95 Å². The van der Waals surface area contributed by atoms with Gasteiger partial charge in [-0.25, -0.2) is 4.98 Å². The third kappa shape index (κ3) is 1.27. The lowest BCUT2D eigenvalue weighted by Crippen LogP contribution is -1.85. The molecular weight excluding hydrogens is 188 g/mol. The summed E-state index contributed by atoms with van der Waals surface area (Å²) in [5.74, 6) is 0.444. The second kappa shape index (κ2) is 2.88. The first-order valence-corrected chi connectivity index (χ1v) is 4.71. The molecule has 4 heteroatoms. The van der Waals surface area contributed by atoms with E-state index in [9.17, 15) is 0 Å². The van der Waals surface area contributed by atoms with Crippen LogP contribution in [0.15, 0.2) is 36.7 Å². The molecule has 4 N–H and O–H groups in total. The second-order valence-corrected chi connectivity index (χ2v) is 3.46. The van der Waals surface area contributed by atoms with Crippen LogP contribution < -0.4 is 5.73 Å². The third-order valence-electron chi connectivity index (χ3n) is 2.46. The van der Waals surface area contributed by atoms with Crippen molar-refractivity contribution in [1.29, 1.82) is 0 Å². The number of anilines is 1. The van der Waals surface area contributed by atoms with Crippen LogP contribution >= 0.6 is 0 Å². The first-order chi connectivity index (χ1) is 7.33. The zero-order chi connectivity index (χ0) is 10.3. The Bertz CT molecular complexity index is 606. The van der Waals surface area contributed by atoms with Gasteiger partial charge in [0.15, 0.2) is 5.95 Å². The molecule has 0 amide bonds. The van der Waals surface area contributed by atoms with Crippen molar-refractivity contribution in [2.45, 2.75) is 0 Å². The van der Waals surface area contributed by atoms with Crippen molar-refractivity contribution in [2.75, 3.05) is 5.73 Å². The lowest BCUT2D eigenvalue weighted by Gasteiger charge is -1.97. The zero-order valence-electron chi connectivity index (χ0n) is 7.99. The number of hydrogen-bond acceptors (Lipinski definition) is 2. The van der Waals surface area contributed by atoms with E-state index >= 15 is 0 Å². The molecule has 15 heavy (non-hydrogen) atoms. The van der Waals surface area contributed by atoms with Crippen LogP contribution in [0.5, 0.6) is 0 Å². The molecule has 0 spiro atoms. The molecule has 0 saturated carbocycles. The molecule has 0 saturated heterocycles. The van der Waals surface area contributed by atoms with Crippen LogP contribution in [-0.2, 0) is 0 Å². The third-order valence-corrected chi connectivity index (χ3v) is 2.46. The van der Waals surface area contributed by atoms with E-state index in [4.69, 9.17) is 5.73 Å². The standard InChI is InChI=1S/C11H10N4/c12-11-14-6-10(15-11)7-1-2-9-8(5-7)3-4-13-9/h1-6,13H,(H3,12,14,15). The Morgan fingerprint density at radius 2 is 2.13 bits per heavy atom. The molecule has 2 heterocycles. The lowest BCUT2D eigenvalue weighted by atomic mass is 10.1. The molecule has 1 aromatic carbocycles. The van der Waals surface area contributed by atoms with E-state index in [0.717, 1.165) is 16.8 Å². The SMILES string of the molecule is Nc1ncc(-c2ccc3[nH]ccc3c2)[nH]1. The molecule has 0 aliphatic carbocycles. The van der Waals surface area contributed by atoms with Gasteiger partial charge in [0.25, 0.3) is 0 Å². The average molecular weight is 198 g/mol. The fourth-order valence-electron chi connectivity index (χ4n) is 1.70. The number of benzene rings is 1. The van der Waals surface area contributed by atoms with Gasteiger partial charge in [-0.05, 0) is 18.2 Å². The second-order valence-electron chi connectivity index (χ2n) is 3.46. The van der Waals surface area contributed by atoms with E-state index in [1.165, 1.54) is 5.39 Å². The number of aromatic nitrogens is 3.